The maximum absolute atomic E-state index is 13.3. The van der Waals surface area contributed by atoms with Gasteiger partial charge in [0.2, 0.25) is 0 Å². The standard InChI is InChI=1S/C10H7F2NOS/c11-6-1-2-7(8(12)3-6)10(14)9-4-15-5-13-9/h1-5,10,14H. The van der Waals surface area contributed by atoms with E-state index in [1.165, 1.54) is 17.4 Å². The molecule has 0 bridgehead atoms. The molecule has 1 aromatic heterocycles. The van der Waals surface area contributed by atoms with E-state index in [-0.39, 0.29) is 5.56 Å². The van der Waals surface area contributed by atoms with E-state index in [0.717, 1.165) is 12.1 Å². The number of hydrogen-bond donors (Lipinski definition) is 1. The van der Waals surface area contributed by atoms with Crippen molar-refractivity contribution in [3.05, 3.63) is 52.0 Å². The van der Waals surface area contributed by atoms with Crippen LogP contribution in [0.3, 0.4) is 0 Å². The van der Waals surface area contributed by atoms with Crippen molar-refractivity contribution in [3.8, 4) is 0 Å². The molecule has 1 heterocycles. The minimum absolute atomic E-state index is 0.0299. The average molecular weight is 227 g/mol. The number of nitrogens with zero attached hydrogens (tertiary/aromatic N) is 1. The van der Waals surface area contributed by atoms with Gasteiger partial charge in [0.05, 0.1) is 11.2 Å². The molecule has 0 radical (unpaired) electrons. The first kappa shape index (κ1) is 10.2. The molecule has 0 aliphatic rings. The summed E-state index contributed by atoms with van der Waals surface area (Å²) >= 11 is 1.30. The molecular formula is C10H7F2NOS. The van der Waals surface area contributed by atoms with Gasteiger partial charge in [-0.15, -0.1) is 11.3 Å². The van der Waals surface area contributed by atoms with Gasteiger partial charge in [0.15, 0.2) is 0 Å². The SMILES string of the molecule is OC(c1cscn1)c1ccc(F)cc1F. The first-order valence-corrected chi connectivity index (χ1v) is 5.14. The van der Waals surface area contributed by atoms with Crippen molar-refractivity contribution in [2.45, 2.75) is 6.10 Å². The first-order chi connectivity index (χ1) is 7.18. The number of aliphatic hydroxyl groups is 1. The third-order valence-electron chi connectivity index (χ3n) is 1.99. The van der Waals surface area contributed by atoms with Gasteiger partial charge in [0.25, 0.3) is 0 Å². The number of aliphatic hydroxyl groups excluding tert-OH is 1. The molecule has 2 nitrogen and oxygen atoms in total. The molecule has 5 heteroatoms. The molecular weight excluding hydrogens is 220 g/mol. The zero-order chi connectivity index (χ0) is 10.8. The second-order valence-corrected chi connectivity index (χ2v) is 3.70. The molecule has 2 rings (SSSR count). The minimum atomic E-state index is -1.14. The minimum Gasteiger partial charge on any atom is -0.382 e. The lowest BCUT2D eigenvalue weighted by Crippen LogP contribution is -2.03. The monoisotopic (exact) mass is 227 g/mol. The Balaban J connectivity index is 2.38. The Morgan fingerprint density at radius 2 is 2.13 bits per heavy atom. The van der Waals surface area contributed by atoms with Crippen LogP contribution in [0.5, 0.6) is 0 Å². The first-order valence-electron chi connectivity index (χ1n) is 4.19. The van der Waals surface area contributed by atoms with Crippen LogP contribution in [0, 0.1) is 11.6 Å². The van der Waals surface area contributed by atoms with Crippen LogP contribution in [0.25, 0.3) is 0 Å². The summed E-state index contributed by atoms with van der Waals surface area (Å²) in [5.74, 6) is -1.43. The van der Waals surface area contributed by atoms with Gasteiger partial charge in [-0.25, -0.2) is 13.8 Å². The summed E-state index contributed by atoms with van der Waals surface area (Å²) in [6, 6.07) is 3.06. The topological polar surface area (TPSA) is 33.1 Å². The van der Waals surface area contributed by atoms with Gasteiger partial charge in [0.1, 0.15) is 17.7 Å². The van der Waals surface area contributed by atoms with Crippen molar-refractivity contribution in [3.63, 3.8) is 0 Å². The highest BCUT2D eigenvalue weighted by Gasteiger charge is 2.16. The molecule has 0 saturated carbocycles. The Morgan fingerprint density at radius 1 is 1.33 bits per heavy atom. The molecule has 0 spiro atoms. The van der Waals surface area contributed by atoms with Crippen molar-refractivity contribution in [2.75, 3.05) is 0 Å². The molecule has 0 amide bonds. The van der Waals surface area contributed by atoms with E-state index in [1.54, 1.807) is 10.9 Å². The van der Waals surface area contributed by atoms with Gasteiger partial charge in [-0.3, -0.25) is 0 Å². The largest absolute Gasteiger partial charge is 0.382 e. The molecule has 15 heavy (non-hydrogen) atoms. The highest BCUT2D eigenvalue weighted by molar-refractivity contribution is 7.07. The molecule has 2 aromatic rings. The van der Waals surface area contributed by atoms with Crippen LogP contribution in [0.15, 0.2) is 29.1 Å². The normalized spacial score (nSPS) is 12.7. The van der Waals surface area contributed by atoms with Crippen LogP contribution < -0.4 is 0 Å². The highest BCUT2D eigenvalue weighted by Crippen LogP contribution is 2.24. The van der Waals surface area contributed by atoms with E-state index in [2.05, 4.69) is 4.98 Å². The van der Waals surface area contributed by atoms with Gasteiger partial charge in [-0.2, -0.15) is 0 Å². The molecule has 1 unspecified atom stereocenters. The number of benzene rings is 1. The Labute approximate surface area is 88.8 Å². The maximum Gasteiger partial charge on any atom is 0.132 e. The number of thiazole rings is 1. The quantitative estimate of drug-likeness (QED) is 0.855. The van der Waals surface area contributed by atoms with Crippen molar-refractivity contribution in [1.29, 1.82) is 0 Å². The zero-order valence-electron chi connectivity index (χ0n) is 7.52. The molecule has 0 fully saturated rings. The van der Waals surface area contributed by atoms with E-state index < -0.39 is 17.7 Å². The molecule has 1 atom stereocenters. The van der Waals surface area contributed by atoms with E-state index in [1.807, 2.05) is 0 Å². The molecule has 0 aliphatic heterocycles. The zero-order valence-corrected chi connectivity index (χ0v) is 8.34. The lowest BCUT2D eigenvalue weighted by Gasteiger charge is -2.08. The van der Waals surface area contributed by atoms with E-state index in [9.17, 15) is 13.9 Å². The van der Waals surface area contributed by atoms with Gasteiger partial charge < -0.3 is 5.11 Å². The third-order valence-corrected chi connectivity index (χ3v) is 2.59. The average Bonchev–Trinajstić information content (AvgIpc) is 2.69. The molecule has 78 valence electrons. The summed E-state index contributed by atoms with van der Waals surface area (Å²) < 4.78 is 25.9. The fourth-order valence-electron chi connectivity index (χ4n) is 1.24. The lowest BCUT2D eigenvalue weighted by atomic mass is 10.1. The summed E-state index contributed by atoms with van der Waals surface area (Å²) in [6.45, 7) is 0. The fourth-order valence-corrected chi connectivity index (χ4v) is 1.81. The Morgan fingerprint density at radius 3 is 2.73 bits per heavy atom. The fraction of sp³-hybridized carbons (Fsp3) is 0.100. The number of rotatable bonds is 2. The molecule has 0 aliphatic carbocycles. The van der Waals surface area contributed by atoms with Crippen molar-refractivity contribution < 1.29 is 13.9 Å². The third kappa shape index (κ3) is 2.03. The summed E-state index contributed by atoms with van der Waals surface area (Å²) in [7, 11) is 0. The summed E-state index contributed by atoms with van der Waals surface area (Å²) in [4.78, 5) is 3.86. The predicted octanol–water partition coefficient (Wildman–Crippen LogP) is 2.50. The second kappa shape index (κ2) is 4.04. The Kier molecular flexibility index (Phi) is 2.75. The van der Waals surface area contributed by atoms with Crippen LogP contribution in [-0.2, 0) is 0 Å². The van der Waals surface area contributed by atoms with Gasteiger partial charge in [0, 0.05) is 17.0 Å². The van der Waals surface area contributed by atoms with Crippen LogP contribution in [0.1, 0.15) is 17.4 Å². The summed E-state index contributed by atoms with van der Waals surface area (Å²) in [5, 5.41) is 11.4. The van der Waals surface area contributed by atoms with Gasteiger partial charge in [-0.05, 0) is 6.07 Å². The van der Waals surface area contributed by atoms with Gasteiger partial charge in [-0.1, -0.05) is 6.07 Å². The van der Waals surface area contributed by atoms with Crippen molar-refractivity contribution in [2.24, 2.45) is 0 Å². The van der Waals surface area contributed by atoms with E-state index in [4.69, 9.17) is 0 Å². The summed E-state index contributed by atoms with van der Waals surface area (Å²) in [6.07, 6.45) is -1.14. The van der Waals surface area contributed by atoms with E-state index >= 15 is 0 Å². The Bertz CT molecular complexity index is 458. The smallest absolute Gasteiger partial charge is 0.132 e. The molecule has 1 N–H and O–H groups in total. The maximum atomic E-state index is 13.3. The van der Waals surface area contributed by atoms with Crippen molar-refractivity contribution >= 4 is 11.3 Å². The van der Waals surface area contributed by atoms with Crippen LogP contribution in [0.4, 0.5) is 8.78 Å². The molecule has 0 saturated heterocycles. The van der Waals surface area contributed by atoms with E-state index in [0.29, 0.717) is 5.69 Å². The van der Waals surface area contributed by atoms with Crippen LogP contribution in [0.2, 0.25) is 0 Å². The number of aromatic nitrogens is 1. The second-order valence-electron chi connectivity index (χ2n) is 2.98. The van der Waals surface area contributed by atoms with Crippen molar-refractivity contribution in [1.82, 2.24) is 4.98 Å². The van der Waals surface area contributed by atoms with Crippen LogP contribution >= 0.6 is 11.3 Å². The predicted molar refractivity (Wildman–Crippen MR) is 52.5 cm³/mol. The summed E-state index contributed by atoms with van der Waals surface area (Å²) in [5.41, 5.74) is 1.94. The lowest BCUT2D eigenvalue weighted by molar-refractivity contribution is 0.210. The number of halogens is 2. The number of hydrogen-bond acceptors (Lipinski definition) is 3. The Hall–Kier alpha value is -1.33. The highest BCUT2D eigenvalue weighted by atomic mass is 32.1. The van der Waals surface area contributed by atoms with Crippen LogP contribution in [-0.4, -0.2) is 10.1 Å². The van der Waals surface area contributed by atoms with Gasteiger partial charge >= 0.3 is 0 Å². The molecule has 1 aromatic carbocycles.